The molecule has 1 aromatic rings. The van der Waals surface area contributed by atoms with Crippen LogP contribution in [0.3, 0.4) is 0 Å². The Hall–Kier alpha value is -0.700. The predicted octanol–water partition coefficient (Wildman–Crippen LogP) is 2.33. The summed E-state index contributed by atoms with van der Waals surface area (Å²) >= 11 is 2.05. The average molecular weight is 208 g/mol. The molecule has 0 radical (unpaired) electrons. The molecule has 1 saturated heterocycles. The first kappa shape index (κ1) is 9.84. The molecule has 76 valence electrons. The van der Waals surface area contributed by atoms with E-state index in [4.69, 9.17) is 0 Å². The molecule has 1 aliphatic rings. The van der Waals surface area contributed by atoms with Crippen LogP contribution in [0.4, 0.5) is 5.82 Å². The topological polar surface area (TPSA) is 16.1 Å². The summed E-state index contributed by atoms with van der Waals surface area (Å²) in [4.78, 5) is 6.95. The highest BCUT2D eigenvalue weighted by molar-refractivity contribution is 7.99. The van der Waals surface area contributed by atoms with Gasteiger partial charge in [-0.1, -0.05) is 6.07 Å². The van der Waals surface area contributed by atoms with Crippen LogP contribution in [-0.4, -0.2) is 29.6 Å². The van der Waals surface area contributed by atoms with Crippen LogP contribution in [0.2, 0.25) is 0 Å². The number of rotatable bonds is 1. The molecule has 3 heteroatoms. The molecule has 0 bridgehead atoms. The number of anilines is 1. The zero-order valence-electron chi connectivity index (χ0n) is 8.57. The lowest BCUT2D eigenvalue weighted by Gasteiger charge is -2.21. The van der Waals surface area contributed by atoms with Gasteiger partial charge in [-0.2, -0.15) is 11.8 Å². The molecule has 2 heterocycles. The number of thioether (sulfide) groups is 1. The first-order valence-corrected chi connectivity index (χ1v) is 6.28. The van der Waals surface area contributed by atoms with E-state index in [0.29, 0.717) is 0 Å². The molecule has 2 nitrogen and oxygen atoms in total. The van der Waals surface area contributed by atoms with Gasteiger partial charge < -0.3 is 4.90 Å². The highest BCUT2D eigenvalue weighted by Gasteiger charge is 2.10. The van der Waals surface area contributed by atoms with E-state index in [-0.39, 0.29) is 0 Å². The molecule has 0 amide bonds. The van der Waals surface area contributed by atoms with E-state index in [0.717, 1.165) is 24.6 Å². The number of hydrogen-bond donors (Lipinski definition) is 0. The normalized spacial score (nSPS) is 17.9. The minimum Gasteiger partial charge on any atom is -0.356 e. The maximum Gasteiger partial charge on any atom is 0.128 e. The molecule has 0 aromatic carbocycles. The van der Waals surface area contributed by atoms with Crippen molar-refractivity contribution >= 4 is 17.6 Å². The monoisotopic (exact) mass is 208 g/mol. The van der Waals surface area contributed by atoms with Crippen molar-refractivity contribution in [3.05, 3.63) is 23.9 Å². The van der Waals surface area contributed by atoms with Crippen LogP contribution in [0.5, 0.6) is 0 Å². The standard InChI is InChI=1S/C11H16N2S/c1-10-4-2-5-11(12-10)13-6-3-8-14-9-7-13/h2,4-5H,3,6-9H2,1H3. The third kappa shape index (κ3) is 2.41. The highest BCUT2D eigenvalue weighted by atomic mass is 32.2. The van der Waals surface area contributed by atoms with E-state index in [1.54, 1.807) is 0 Å². The Balaban J connectivity index is 2.12. The quantitative estimate of drug-likeness (QED) is 0.704. The van der Waals surface area contributed by atoms with Crippen molar-refractivity contribution in [1.82, 2.24) is 4.98 Å². The predicted molar refractivity (Wildman–Crippen MR) is 63.1 cm³/mol. The van der Waals surface area contributed by atoms with Gasteiger partial charge in [-0.05, 0) is 31.2 Å². The van der Waals surface area contributed by atoms with Crippen LogP contribution in [0.1, 0.15) is 12.1 Å². The van der Waals surface area contributed by atoms with E-state index in [2.05, 4.69) is 35.0 Å². The molecule has 1 aromatic heterocycles. The van der Waals surface area contributed by atoms with Crippen molar-refractivity contribution in [1.29, 1.82) is 0 Å². The van der Waals surface area contributed by atoms with Crippen LogP contribution < -0.4 is 4.90 Å². The zero-order valence-corrected chi connectivity index (χ0v) is 9.39. The molecule has 14 heavy (non-hydrogen) atoms. The molecule has 0 aliphatic carbocycles. The van der Waals surface area contributed by atoms with E-state index >= 15 is 0 Å². The molecule has 2 rings (SSSR count). The summed E-state index contributed by atoms with van der Waals surface area (Å²) < 4.78 is 0. The lowest BCUT2D eigenvalue weighted by Crippen LogP contribution is -2.26. The third-order valence-electron chi connectivity index (χ3n) is 2.42. The number of aromatic nitrogens is 1. The second-order valence-corrected chi connectivity index (χ2v) is 4.81. The molecule has 1 aliphatic heterocycles. The van der Waals surface area contributed by atoms with Gasteiger partial charge in [0.05, 0.1) is 0 Å². The summed E-state index contributed by atoms with van der Waals surface area (Å²) in [5.41, 5.74) is 1.11. The number of nitrogens with zero attached hydrogens (tertiary/aromatic N) is 2. The Morgan fingerprint density at radius 1 is 1.29 bits per heavy atom. The zero-order chi connectivity index (χ0) is 9.80. The molecule has 0 saturated carbocycles. The lowest BCUT2D eigenvalue weighted by atomic mass is 10.3. The third-order valence-corrected chi connectivity index (χ3v) is 3.47. The van der Waals surface area contributed by atoms with Crippen molar-refractivity contribution in [3.8, 4) is 0 Å². The lowest BCUT2D eigenvalue weighted by molar-refractivity contribution is 0.799. The van der Waals surface area contributed by atoms with Gasteiger partial charge in [-0.3, -0.25) is 0 Å². The summed E-state index contributed by atoms with van der Waals surface area (Å²) in [5.74, 6) is 3.67. The van der Waals surface area contributed by atoms with Crippen LogP contribution in [0, 0.1) is 6.92 Å². The van der Waals surface area contributed by atoms with Gasteiger partial charge in [0.2, 0.25) is 0 Å². The average Bonchev–Trinajstić information content (AvgIpc) is 2.45. The van der Waals surface area contributed by atoms with Gasteiger partial charge in [0.1, 0.15) is 5.82 Å². The maximum atomic E-state index is 4.56. The van der Waals surface area contributed by atoms with Crippen LogP contribution in [0.25, 0.3) is 0 Å². The SMILES string of the molecule is Cc1cccc(N2CCCSCC2)n1. The van der Waals surface area contributed by atoms with E-state index in [9.17, 15) is 0 Å². The number of pyridine rings is 1. The first-order valence-electron chi connectivity index (χ1n) is 5.12. The van der Waals surface area contributed by atoms with E-state index in [1.807, 2.05) is 11.8 Å². The Labute approximate surface area is 89.7 Å². The van der Waals surface area contributed by atoms with Gasteiger partial charge in [0.15, 0.2) is 0 Å². The molecule has 0 atom stereocenters. The Kier molecular flexibility index (Phi) is 3.30. The first-order chi connectivity index (χ1) is 6.86. The fourth-order valence-corrected chi connectivity index (χ4v) is 2.57. The van der Waals surface area contributed by atoms with Crippen LogP contribution >= 0.6 is 11.8 Å². The molecular weight excluding hydrogens is 192 g/mol. The minimum atomic E-state index is 1.11. The van der Waals surface area contributed by atoms with Crippen molar-refractivity contribution in [2.24, 2.45) is 0 Å². The minimum absolute atomic E-state index is 1.11. The van der Waals surface area contributed by atoms with E-state index in [1.165, 1.54) is 17.9 Å². The van der Waals surface area contributed by atoms with E-state index < -0.39 is 0 Å². The molecule has 0 unspecified atom stereocenters. The van der Waals surface area contributed by atoms with Crippen LogP contribution in [-0.2, 0) is 0 Å². The molecule has 0 N–H and O–H groups in total. The Bertz CT molecular complexity index is 293. The maximum absolute atomic E-state index is 4.56. The Morgan fingerprint density at radius 2 is 2.21 bits per heavy atom. The molecular formula is C11H16N2S. The Morgan fingerprint density at radius 3 is 3.07 bits per heavy atom. The van der Waals surface area contributed by atoms with Crippen molar-refractivity contribution in [2.45, 2.75) is 13.3 Å². The number of aryl methyl sites for hydroxylation is 1. The summed E-state index contributed by atoms with van der Waals surface area (Å²) in [6.45, 7) is 4.35. The fraction of sp³-hybridized carbons (Fsp3) is 0.545. The summed E-state index contributed by atoms with van der Waals surface area (Å²) in [7, 11) is 0. The fourth-order valence-electron chi connectivity index (χ4n) is 1.68. The number of hydrogen-bond acceptors (Lipinski definition) is 3. The van der Waals surface area contributed by atoms with Gasteiger partial charge in [0, 0.05) is 24.5 Å². The van der Waals surface area contributed by atoms with Crippen molar-refractivity contribution in [3.63, 3.8) is 0 Å². The summed E-state index contributed by atoms with van der Waals surface area (Å²) in [5, 5.41) is 0. The highest BCUT2D eigenvalue weighted by Crippen LogP contribution is 2.16. The summed E-state index contributed by atoms with van der Waals surface area (Å²) in [6, 6.07) is 6.26. The van der Waals surface area contributed by atoms with Crippen LogP contribution in [0.15, 0.2) is 18.2 Å². The second-order valence-electron chi connectivity index (χ2n) is 3.59. The van der Waals surface area contributed by atoms with Gasteiger partial charge in [0.25, 0.3) is 0 Å². The van der Waals surface area contributed by atoms with Gasteiger partial charge >= 0.3 is 0 Å². The van der Waals surface area contributed by atoms with Gasteiger partial charge in [-0.15, -0.1) is 0 Å². The summed E-state index contributed by atoms with van der Waals surface area (Å²) in [6.07, 6.45) is 1.28. The molecule has 1 fully saturated rings. The largest absolute Gasteiger partial charge is 0.356 e. The molecule has 0 spiro atoms. The van der Waals surface area contributed by atoms with Gasteiger partial charge in [-0.25, -0.2) is 4.98 Å². The smallest absolute Gasteiger partial charge is 0.128 e. The van der Waals surface area contributed by atoms with Crippen molar-refractivity contribution in [2.75, 3.05) is 29.5 Å². The second kappa shape index (κ2) is 4.69. The van der Waals surface area contributed by atoms with Crippen molar-refractivity contribution < 1.29 is 0 Å².